The molecule has 1 heterocycles. The van der Waals surface area contributed by atoms with E-state index in [1.54, 1.807) is 13.2 Å². The minimum atomic E-state index is 0.456. The number of nitrogens with zero attached hydrogens (tertiary/aromatic N) is 2. The largest absolute Gasteiger partial charge is 0.487 e. The summed E-state index contributed by atoms with van der Waals surface area (Å²) in [5.74, 6) is 1.59. The molecule has 0 amide bonds. The third-order valence-electron chi connectivity index (χ3n) is 4.40. The average Bonchev–Trinajstić information content (AvgIpc) is 2.74. The van der Waals surface area contributed by atoms with Gasteiger partial charge >= 0.3 is 0 Å². The van der Waals surface area contributed by atoms with Gasteiger partial charge in [-0.2, -0.15) is 0 Å². The Kier molecular flexibility index (Phi) is 7.01. The first-order chi connectivity index (χ1) is 13.7. The number of nitrogens with one attached hydrogen (secondary N) is 2. The van der Waals surface area contributed by atoms with Crippen LogP contribution in [0.5, 0.6) is 5.75 Å². The summed E-state index contributed by atoms with van der Waals surface area (Å²) < 4.78 is 5.85. The van der Waals surface area contributed by atoms with Gasteiger partial charge in [0.25, 0.3) is 0 Å². The maximum absolute atomic E-state index is 5.85. The summed E-state index contributed by atoms with van der Waals surface area (Å²) in [5, 5.41) is 6.70. The smallest absolute Gasteiger partial charge is 0.191 e. The highest BCUT2D eigenvalue weighted by molar-refractivity contribution is 5.79. The normalized spacial score (nSPS) is 11.1. The number of ether oxygens (including phenoxy) is 1. The van der Waals surface area contributed by atoms with E-state index < -0.39 is 0 Å². The Morgan fingerprint density at radius 1 is 0.964 bits per heavy atom. The van der Waals surface area contributed by atoms with Crippen LogP contribution >= 0.6 is 0 Å². The predicted molar refractivity (Wildman–Crippen MR) is 113 cm³/mol. The Labute approximate surface area is 166 Å². The van der Waals surface area contributed by atoms with E-state index in [2.05, 4.69) is 57.9 Å². The zero-order valence-electron chi connectivity index (χ0n) is 16.4. The van der Waals surface area contributed by atoms with Crippen LogP contribution in [0.3, 0.4) is 0 Å². The number of aromatic nitrogens is 1. The Bertz CT molecular complexity index is 909. The third kappa shape index (κ3) is 5.84. The Morgan fingerprint density at radius 3 is 2.57 bits per heavy atom. The molecule has 5 heteroatoms. The number of aryl methyl sites for hydroxylation is 1. The lowest BCUT2D eigenvalue weighted by atomic mass is 10.1. The van der Waals surface area contributed by atoms with Crippen LogP contribution in [-0.2, 0) is 19.7 Å². The molecule has 0 aliphatic rings. The van der Waals surface area contributed by atoms with Gasteiger partial charge in [-0.15, -0.1) is 0 Å². The molecular weight excluding hydrogens is 348 g/mol. The quantitative estimate of drug-likeness (QED) is 0.487. The van der Waals surface area contributed by atoms with Gasteiger partial charge in [-0.25, -0.2) is 0 Å². The third-order valence-corrected chi connectivity index (χ3v) is 4.40. The zero-order valence-corrected chi connectivity index (χ0v) is 16.4. The van der Waals surface area contributed by atoms with Crippen LogP contribution in [0.4, 0.5) is 0 Å². The van der Waals surface area contributed by atoms with E-state index >= 15 is 0 Å². The fourth-order valence-corrected chi connectivity index (χ4v) is 2.78. The van der Waals surface area contributed by atoms with E-state index in [0.29, 0.717) is 13.2 Å². The highest BCUT2D eigenvalue weighted by Gasteiger charge is 2.03. The molecule has 0 saturated heterocycles. The van der Waals surface area contributed by atoms with Crippen LogP contribution in [-0.4, -0.2) is 18.0 Å². The van der Waals surface area contributed by atoms with Crippen molar-refractivity contribution in [3.63, 3.8) is 0 Å². The molecule has 0 fully saturated rings. The molecule has 0 spiro atoms. The number of hydrogen-bond acceptors (Lipinski definition) is 3. The number of aliphatic imine (C=N–C) groups is 1. The first kappa shape index (κ1) is 19.4. The first-order valence-electron chi connectivity index (χ1n) is 9.35. The molecule has 0 atom stereocenters. The monoisotopic (exact) mass is 374 g/mol. The molecule has 28 heavy (non-hydrogen) atoms. The molecule has 2 N–H and O–H groups in total. The standard InChI is InChI=1S/C23H26N4O/c1-18-8-3-4-10-20(18)16-27-23(24-2)26-15-19-9-7-12-22(14-19)28-17-21-11-5-6-13-25-21/h3-14H,15-17H2,1-2H3,(H2,24,26,27). The van der Waals surface area contributed by atoms with Gasteiger partial charge < -0.3 is 15.4 Å². The topological polar surface area (TPSA) is 58.5 Å². The highest BCUT2D eigenvalue weighted by atomic mass is 16.5. The van der Waals surface area contributed by atoms with Gasteiger partial charge in [-0.1, -0.05) is 42.5 Å². The van der Waals surface area contributed by atoms with Gasteiger partial charge in [0.15, 0.2) is 5.96 Å². The van der Waals surface area contributed by atoms with Crippen LogP contribution in [0, 0.1) is 6.92 Å². The Morgan fingerprint density at radius 2 is 1.79 bits per heavy atom. The molecule has 0 aliphatic carbocycles. The van der Waals surface area contributed by atoms with E-state index in [0.717, 1.165) is 29.5 Å². The van der Waals surface area contributed by atoms with E-state index in [4.69, 9.17) is 4.74 Å². The van der Waals surface area contributed by atoms with E-state index in [-0.39, 0.29) is 0 Å². The van der Waals surface area contributed by atoms with Gasteiger partial charge in [0, 0.05) is 26.3 Å². The number of pyridine rings is 1. The number of hydrogen-bond donors (Lipinski definition) is 2. The molecule has 0 unspecified atom stereocenters. The summed E-state index contributed by atoms with van der Waals surface area (Å²) in [6, 6.07) is 22.2. The maximum Gasteiger partial charge on any atom is 0.191 e. The van der Waals surface area contributed by atoms with Crippen LogP contribution in [0.25, 0.3) is 0 Å². The lowest BCUT2D eigenvalue weighted by Gasteiger charge is -2.14. The molecule has 2 aromatic carbocycles. The maximum atomic E-state index is 5.85. The molecule has 3 rings (SSSR count). The fourth-order valence-electron chi connectivity index (χ4n) is 2.78. The van der Waals surface area contributed by atoms with Crippen molar-refractivity contribution in [3.8, 4) is 5.75 Å². The Hall–Kier alpha value is -3.34. The van der Waals surface area contributed by atoms with Crippen molar-refractivity contribution in [1.82, 2.24) is 15.6 Å². The second-order valence-electron chi connectivity index (χ2n) is 6.46. The summed E-state index contributed by atoms with van der Waals surface area (Å²) >= 11 is 0. The molecule has 0 bridgehead atoms. The summed E-state index contributed by atoms with van der Waals surface area (Å²) in [5.41, 5.74) is 4.56. The molecule has 144 valence electrons. The highest BCUT2D eigenvalue weighted by Crippen LogP contribution is 2.14. The predicted octanol–water partition coefficient (Wildman–Crippen LogP) is 3.83. The van der Waals surface area contributed by atoms with Crippen LogP contribution < -0.4 is 15.4 Å². The summed E-state index contributed by atoms with van der Waals surface area (Å²) in [6.45, 7) is 3.97. The van der Waals surface area contributed by atoms with Crippen LogP contribution in [0.2, 0.25) is 0 Å². The summed E-state index contributed by atoms with van der Waals surface area (Å²) in [7, 11) is 1.78. The van der Waals surface area contributed by atoms with Crippen molar-refractivity contribution in [3.05, 3.63) is 95.3 Å². The van der Waals surface area contributed by atoms with Gasteiger partial charge in [0.1, 0.15) is 12.4 Å². The van der Waals surface area contributed by atoms with Gasteiger partial charge in [-0.05, 0) is 47.9 Å². The van der Waals surface area contributed by atoms with E-state index in [1.165, 1.54) is 11.1 Å². The molecule has 1 aromatic heterocycles. The summed E-state index contributed by atoms with van der Waals surface area (Å²) in [6.07, 6.45) is 1.77. The van der Waals surface area contributed by atoms with Crippen molar-refractivity contribution in [2.75, 3.05) is 7.05 Å². The molecule has 0 saturated carbocycles. The van der Waals surface area contributed by atoms with Crippen molar-refractivity contribution in [2.24, 2.45) is 4.99 Å². The molecular formula is C23H26N4O. The van der Waals surface area contributed by atoms with Gasteiger partial charge in [-0.3, -0.25) is 9.98 Å². The zero-order chi connectivity index (χ0) is 19.6. The van der Waals surface area contributed by atoms with Gasteiger partial charge in [0.05, 0.1) is 5.69 Å². The molecule has 0 aliphatic heterocycles. The lowest BCUT2D eigenvalue weighted by molar-refractivity contribution is 0.301. The molecule has 3 aromatic rings. The van der Waals surface area contributed by atoms with E-state index in [1.807, 2.05) is 36.4 Å². The average molecular weight is 374 g/mol. The van der Waals surface area contributed by atoms with Crippen molar-refractivity contribution < 1.29 is 4.74 Å². The second-order valence-corrected chi connectivity index (χ2v) is 6.46. The lowest BCUT2D eigenvalue weighted by Crippen LogP contribution is -2.36. The van der Waals surface area contributed by atoms with Crippen molar-refractivity contribution in [2.45, 2.75) is 26.6 Å². The summed E-state index contributed by atoms with van der Waals surface area (Å²) in [4.78, 5) is 8.58. The minimum absolute atomic E-state index is 0.456. The van der Waals surface area contributed by atoms with Crippen molar-refractivity contribution >= 4 is 5.96 Å². The molecule has 0 radical (unpaired) electrons. The second kappa shape index (κ2) is 10.1. The van der Waals surface area contributed by atoms with E-state index in [9.17, 15) is 0 Å². The van der Waals surface area contributed by atoms with Crippen LogP contribution in [0.15, 0.2) is 77.9 Å². The number of guanidine groups is 1. The Balaban J connectivity index is 1.51. The van der Waals surface area contributed by atoms with Crippen LogP contribution in [0.1, 0.15) is 22.4 Å². The first-order valence-corrected chi connectivity index (χ1v) is 9.35. The minimum Gasteiger partial charge on any atom is -0.487 e. The van der Waals surface area contributed by atoms with Crippen molar-refractivity contribution in [1.29, 1.82) is 0 Å². The van der Waals surface area contributed by atoms with Gasteiger partial charge in [0.2, 0.25) is 0 Å². The molecule has 5 nitrogen and oxygen atoms in total. The number of rotatable bonds is 7. The SMILES string of the molecule is CN=C(NCc1cccc(OCc2ccccn2)c1)NCc1ccccc1C. The number of benzene rings is 2. The fraction of sp³-hybridized carbons (Fsp3) is 0.217.